The minimum absolute atomic E-state index is 0.333. The molecule has 0 bridgehead atoms. The van der Waals surface area contributed by atoms with E-state index in [1.54, 1.807) is 0 Å². The molecule has 54 valence electrons. The summed E-state index contributed by atoms with van der Waals surface area (Å²) in [5, 5.41) is 0. The Morgan fingerprint density at radius 3 is 1.78 bits per heavy atom. The molecule has 0 heterocycles. The van der Waals surface area contributed by atoms with Gasteiger partial charge in [-0.25, -0.2) is 0 Å². The Morgan fingerprint density at radius 1 is 1.44 bits per heavy atom. The Morgan fingerprint density at radius 2 is 1.78 bits per heavy atom. The molecular weight excluding hydrogens is 112 g/mol. The summed E-state index contributed by atoms with van der Waals surface area (Å²) in [5.74, 6) is 0. The molecule has 0 fully saturated rings. The summed E-state index contributed by atoms with van der Waals surface area (Å²) < 4.78 is 0. The maximum Gasteiger partial charge on any atom is 0.0544 e. The van der Waals surface area contributed by atoms with Gasteiger partial charge >= 0.3 is 0 Å². The van der Waals surface area contributed by atoms with E-state index in [4.69, 9.17) is 11.5 Å². The van der Waals surface area contributed by atoms with Gasteiger partial charge in [0, 0.05) is 5.70 Å². The van der Waals surface area contributed by atoms with Gasteiger partial charge in [-0.1, -0.05) is 20.4 Å². The number of hydrogen-bond donors (Lipinski definition) is 2. The monoisotopic (exact) mass is 128 g/mol. The van der Waals surface area contributed by atoms with Crippen LogP contribution in [0.3, 0.4) is 0 Å². The van der Waals surface area contributed by atoms with Gasteiger partial charge < -0.3 is 11.5 Å². The van der Waals surface area contributed by atoms with Crippen molar-refractivity contribution in [3.8, 4) is 0 Å². The fourth-order valence-corrected chi connectivity index (χ4v) is 0.704. The summed E-state index contributed by atoms with van der Waals surface area (Å²) in [6, 6.07) is 0. The molecule has 0 amide bonds. The molecule has 0 aliphatic rings. The Hall–Kier alpha value is -0.500. The van der Waals surface area contributed by atoms with E-state index in [2.05, 4.69) is 6.58 Å². The van der Waals surface area contributed by atoms with Crippen molar-refractivity contribution in [3.63, 3.8) is 0 Å². The summed E-state index contributed by atoms with van der Waals surface area (Å²) in [6.07, 6.45) is 1.72. The van der Waals surface area contributed by atoms with Crippen LogP contribution < -0.4 is 11.5 Å². The van der Waals surface area contributed by atoms with E-state index in [1.165, 1.54) is 0 Å². The lowest BCUT2D eigenvalue weighted by Crippen LogP contribution is -2.43. The Labute approximate surface area is 56.9 Å². The second-order valence-corrected chi connectivity index (χ2v) is 2.39. The normalized spacial score (nSPS) is 11.4. The summed E-state index contributed by atoms with van der Waals surface area (Å²) in [5.41, 5.74) is 11.5. The van der Waals surface area contributed by atoms with E-state index < -0.39 is 0 Å². The van der Waals surface area contributed by atoms with Crippen LogP contribution in [0.5, 0.6) is 0 Å². The highest BCUT2D eigenvalue weighted by Crippen LogP contribution is 2.15. The highest BCUT2D eigenvalue weighted by atomic mass is 14.8. The van der Waals surface area contributed by atoms with Gasteiger partial charge in [-0.15, -0.1) is 0 Å². The fraction of sp³-hybridized carbons (Fsp3) is 0.714. The molecule has 9 heavy (non-hydrogen) atoms. The largest absolute Gasteiger partial charge is 0.401 e. The first-order valence-electron chi connectivity index (χ1n) is 3.30. The van der Waals surface area contributed by atoms with Crippen molar-refractivity contribution < 1.29 is 0 Å². The van der Waals surface area contributed by atoms with Crippen LogP contribution >= 0.6 is 0 Å². The van der Waals surface area contributed by atoms with E-state index in [-0.39, 0.29) is 5.54 Å². The minimum atomic E-state index is -0.333. The molecule has 0 aromatic rings. The molecule has 0 spiro atoms. The quantitative estimate of drug-likeness (QED) is 0.595. The number of hydrogen-bond acceptors (Lipinski definition) is 2. The van der Waals surface area contributed by atoms with Gasteiger partial charge in [0.05, 0.1) is 5.54 Å². The van der Waals surface area contributed by atoms with Gasteiger partial charge in [-0.3, -0.25) is 0 Å². The SMILES string of the molecule is C=C(N)C(N)(CC)CC. The second-order valence-electron chi connectivity index (χ2n) is 2.39. The van der Waals surface area contributed by atoms with Crippen LogP contribution in [-0.2, 0) is 0 Å². The van der Waals surface area contributed by atoms with Gasteiger partial charge in [0.1, 0.15) is 0 Å². The summed E-state index contributed by atoms with van der Waals surface area (Å²) >= 11 is 0. The van der Waals surface area contributed by atoms with Crippen molar-refractivity contribution >= 4 is 0 Å². The van der Waals surface area contributed by atoms with E-state index in [1.807, 2.05) is 13.8 Å². The fourth-order valence-electron chi connectivity index (χ4n) is 0.704. The minimum Gasteiger partial charge on any atom is -0.401 e. The molecule has 0 saturated carbocycles. The van der Waals surface area contributed by atoms with Crippen LogP contribution in [0, 0.1) is 0 Å². The molecule has 0 unspecified atom stereocenters. The topological polar surface area (TPSA) is 52.0 Å². The van der Waals surface area contributed by atoms with Gasteiger partial charge in [-0.05, 0) is 12.8 Å². The smallest absolute Gasteiger partial charge is 0.0544 e. The van der Waals surface area contributed by atoms with Crippen molar-refractivity contribution in [2.24, 2.45) is 11.5 Å². The van der Waals surface area contributed by atoms with Crippen LogP contribution in [0.25, 0.3) is 0 Å². The maximum absolute atomic E-state index is 5.81. The molecule has 0 aromatic carbocycles. The molecule has 0 saturated heterocycles. The molecule has 2 heteroatoms. The number of nitrogens with two attached hydrogens (primary N) is 2. The molecule has 0 aliphatic carbocycles. The second kappa shape index (κ2) is 2.87. The third-order valence-electron chi connectivity index (χ3n) is 1.90. The molecule has 0 aliphatic heterocycles. The van der Waals surface area contributed by atoms with Crippen LogP contribution in [0.2, 0.25) is 0 Å². The summed E-state index contributed by atoms with van der Waals surface area (Å²) in [6.45, 7) is 7.65. The standard InChI is InChI=1S/C7H16N2/c1-4-7(9,5-2)6(3)8/h3-5,8-9H2,1-2H3. The molecule has 0 rings (SSSR count). The van der Waals surface area contributed by atoms with Crippen LogP contribution in [0.1, 0.15) is 26.7 Å². The molecule has 0 radical (unpaired) electrons. The van der Waals surface area contributed by atoms with Gasteiger partial charge in [-0.2, -0.15) is 0 Å². The van der Waals surface area contributed by atoms with E-state index >= 15 is 0 Å². The first-order chi connectivity index (χ1) is 4.06. The van der Waals surface area contributed by atoms with Crippen LogP contribution in [-0.4, -0.2) is 5.54 Å². The predicted octanol–water partition coefficient (Wildman–Crippen LogP) is 0.976. The Bertz CT molecular complexity index is 103. The Kier molecular flexibility index (Phi) is 2.71. The Balaban J connectivity index is 4.09. The highest BCUT2D eigenvalue weighted by Gasteiger charge is 2.20. The van der Waals surface area contributed by atoms with Crippen molar-refractivity contribution in [3.05, 3.63) is 12.3 Å². The zero-order valence-corrected chi connectivity index (χ0v) is 6.28. The molecule has 0 atom stereocenters. The zero-order chi connectivity index (χ0) is 7.49. The zero-order valence-electron chi connectivity index (χ0n) is 6.28. The van der Waals surface area contributed by atoms with Crippen LogP contribution in [0.15, 0.2) is 12.3 Å². The lowest BCUT2D eigenvalue weighted by molar-refractivity contribution is 0.461. The molecule has 2 nitrogen and oxygen atoms in total. The lowest BCUT2D eigenvalue weighted by Gasteiger charge is -2.25. The average Bonchev–Trinajstić information content (AvgIpc) is 1.86. The number of rotatable bonds is 3. The van der Waals surface area contributed by atoms with Gasteiger partial charge in [0.2, 0.25) is 0 Å². The lowest BCUT2D eigenvalue weighted by atomic mass is 9.91. The van der Waals surface area contributed by atoms with Gasteiger partial charge in [0.25, 0.3) is 0 Å². The molecule has 0 aromatic heterocycles. The average molecular weight is 128 g/mol. The van der Waals surface area contributed by atoms with Crippen LogP contribution in [0.4, 0.5) is 0 Å². The first-order valence-corrected chi connectivity index (χ1v) is 3.30. The first kappa shape index (κ1) is 8.50. The highest BCUT2D eigenvalue weighted by molar-refractivity contribution is 5.10. The molecular formula is C7H16N2. The summed E-state index contributed by atoms with van der Waals surface area (Å²) in [7, 11) is 0. The van der Waals surface area contributed by atoms with Crippen molar-refractivity contribution in [2.45, 2.75) is 32.2 Å². The van der Waals surface area contributed by atoms with Crippen molar-refractivity contribution in [1.29, 1.82) is 0 Å². The maximum atomic E-state index is 5.81. The molecule has 4 N–H and O–H groups in total. The summed E-state index contributed by atoms with van der Waals surface area (Å²) in [4.78, 5) is 0. The van der Waals surface area contributed by atoms with E-state index in [0.717, 1.165) is 12.8 Å². The predicted molar refractivity (Wildman–Crippen MR) is 40.8 cm³/mol. The van der Waals surface area contributed by atoms with E-state index in [0.29, 0.717) is 5.70 Å². The van der Waals surface area contributed by atoms with Crippen molar-refractivity contribution in [1.82, 2.24) is 0 Å². The third-order valence-corrected chi connectivity index (χ3v) is 1.90. The van der Waals surface area contributed by atoms with Crippen molar-refractivity contribution in [2.75, 3.05) is 0 Å². The van der Waals surface area contributed by atoms with Gasteiger partial charge in [0.15, 0.2) is 0 Å². The third kappa shape index (κ3) is 1.72. The van der Waals surface area contributed by atoms with E-state index in [9.17, 15) is 0 Å².